The van der Waals surface area contributed by atoms with Gasteiger partial charge in [0.2, 0.25) is 0 Å². The topological polar surface area (TPSA) is 80.5 Å². The normalized spacial score (nSPS) is 11.2. The Morgan fingerprint density at radius 1 is 1.14 bits per heavy atom. The van der Waals surface area contributed by atoms with Crippen LogP contribution in [0.3, 0.4) is 0 Å². The highest BCUT2D eigenvalue weighted by Crippen LogP contribution is 2.31. The first-order valence-electron chi connectivity index (χ1n) is 6.23. The number of sulfonamides is 1. The minimum Gasteiger partial charge on any atom is -0.269 e. The molecule has 0 atom stereocenters. The van der Waals surface area contributed by atoms with Gasteiger partial charge in [0.25, 0.3) is 15.7 Å². The second-order valence-electron chi connectivity index (χ2n) is 4.60. The fraction of sp³-hybridized carbons (Fsp3) is 0.143. The van der Waals surface area contributed by atoms with Crippen LogP contribution in [0, 0.1) is 17.0 Å². The Bertz CT molecular complexity index is 819. The lowest BCUT2D eigenvalue weighted by molar-refractivity contribution is -0.385. The summed E-state index contributed by atoms with van der Waals surface area (Å²) in [6.07, 6.45) is 0. The molecule has 0 unspecified atom stereocenters. The summed E-state index contributed by atoms with van der Waals surface area (Å²) in [5, 5.41) is 11.4. The third-order valence-corrected chi connectivity index (χ3v) is 5.32. The summed E-state index contributed by atoms with van der Waals surface area (Å²) in [7, 11) is -2.46. The molecule has 0 heterocycles. The maximum absolute atomic E-state index is 12.6. The monoisotopic (exact) mass is 340 g/mol. The van der Waals surface area contributed by atoms with Crippen molar-refractivity contribution in [2.75, 3.05) is 11.4 Å². The third-order valence-electron chi connectivity index (χ3n) is 3.28. The van der Waals surface area contributed by atoms with Crippen LogP contribution in [0.2, 0.25) is 5.02 Å². The molecule has 0 aromatic heterocycles. The van der Waals surface area contributed by atoms with E-state index in [4.69, 9.17) is 11.6 Å². The van der Waals surface area contributed by atoms with Gasteiger partial charge >= 0.3 is 0 Å². The van der Waals surface area contributed by atoms with Crippen molar-refractivity contribution in [3.8, 4) is 0 Å². The van der Waals surface area contributed by atoms with Crippen LogP contribution in [-0.4, -0.2) is 20.4 Å². The first kappa shape index (κ1) is 16.3. The number of rotatable bonds is 4. The van der Waals surface area contributed by atoms with Gasteiger partial charge in [0.05, 0.1) is 21.1 Å². The van der Waals surface area contributed by atoms with Crippen LogP contribution in [0.5, 0.6) is 0 Å². The van der Waals surface area contributed by atoms with E-state index < -0.39 is 14.9 Å². The Hall–Kier alpha value is -2.12. The molecule has 0 radical (unpaired) electrons. The Morgan fingerprint density at radius 3 is 2.27 bits per heavy atom. The van der Waals surface area contributed by atoms with Crippen molar-refractivity contribution in [1.29, 1.82) is 0 Å². The third kappa shape index (κ3) is 2.90. The van der Waals surface area contributed by atoms with Crippen LogP contribution in [0.4, 0.5) is 11.4 Å². The summed E-state index contributed by atoms with van der Waals surface area (Å²) in [5.74, 6) is 0. The van der Waals surface area contributed by atoms with Gasteiger partial charge in [-0.1, -0.05) is 17.7 Å². The number of hydrogen-bond acceptors (Lipinski definition) is 4. The van der Waals surface area contributed by atoms with Crippen LogP contribution in [0.25, 0.3) is 0 Å². The summed E-state index contributed by atoms with van der Waals surface area (Å²) in [6, 6.07) is 10.0. The maximum atomic E-state index is 12.6. The Labute approximate surface area is 133 Å². The molecule has 2 aromatic rings. The lowest BCUT2D eigenvalue weighted by atomic mass is 10.1. The summed E-state index contributed by atoms with van der Waals surface area (Å²) in [6.45, 7) is 1.52. The van der Waals surface area contributed by atoms with Gasteiger partial charge in [-0.05, 0) is 37.3 Å². The second-order valence-corrected chi connectivity index (χ2v) is 7.01. The smallest absolute Gasteiger partial charge is 0.269 e. The molecule has 0 amide bonds. The van der Waals surface area contributed by atoms with E-state index in [2.05, 4.69) is 0 Å². The summed E-state index contributed by atoms with van der Waals surface area (Å²) < 4.78 is 26.2. The number of nitro groups is 1. The van der Waals surface area contributed by atoms with Gasteiger partial charge in [0.1, 0.15) is 0 Å². The van der Waals surface area contributed by atoms with Crippen LogP contribution >= 0.6 is 11.6 Å². The minimum absolute atomic E-state index is 0.0605. The highest BCUT2D eigenvalue weighted by Gasteiger charge is 2.25. The molecular formula is C14H13ClN2O4S. The molecule has 0 spiro atoms. The molecule has 0 bridgehead atoms. The molecule has 0 fully saturated rings. The Balaban J connectivity index is 2.52. The van der Waals surface area contributed by atoms with E-state index >= 15 is 0 Å². The van der Waals surface area contributed by atoms with Gasteiger partial charge in [0, 0.05) is 18.1 Å². The van der Waals surface area contributed by atoms with Crippen LogP contribution in [-0.2, 0) is 10.0 Å². The maximum Gasteiger partial charge on any atom is 0.274 e. The fourth-order valence-electron chi connectivity index (χ4n) is 2.04. The second kappa shape index (κ2) is 5.94. The number of halogens is 1. The average molecular weight is 341 g/mol. The molecule has 0 saturated heterocycles. The SMILES string of the molecule is Cc1c(N(C)S(=O)(=O)c2ccc(Cl)cc2)cccc1[N+](=O)[O-]. The first-order valence-corrected chi connectivity index (χ1v) is 8.05. The summed E-state index contributed by atoms with van der Waals surface area (Å²) >= 11 is 5.76. The van der Waals surface area contributed by atoms with Gasteiger partial charge in [-0.15, -0.1) is 0 Å². The van der Waals surface area contributed by atoms with Crippen molar-refractivity contribution in [3.63, 3.8) is 0 Å². The van der Waals surface area contributed by atoms with E-state index in [1.54, 1.807) is 0 Å². The van der Waals surface area contributed by atoms with Gasteiger partial charge in [-0.3, -0.25) is 14.4 Å². The van der Waals surface area contributed by atoms with Gasteiger partial charge in [-0.2, -0.15) is 0 Å². The van der Waals surface area contributed by atoms with Crippen LogP contribution in [0.1, 0.15) is 5.56 Å². The van der Waals surface area contributed by atoms with Gasteiger partial charge in [0.15, 0.2) is 0 Å². The lowest BCUT2D eigenvalue weighted by Gasteiger charge is -2.21. The summed E-state index contributed by atoms with van der Waals surface area (Å²) in [4.78, 5) is 10.5. The van der Waals surface area contributed by atoms with Gasteiger partial charge < -0.3 is 0 Å². The van der Waals surface area contributed by atoms with Crippen molar-refractivity contribution in [3.05, 3.63) is 63.2 Å². The van der Waals surface area contributed by atoms with Crippen molar-refractivity contribution >= 4 is 33.0 Å². The zero-order valence-corrected chi connectivity index (χ0v) is 13.4. The molecule has 2 rings (SSSR count). The van der Waals surface area contributed by atoms with Crippen molar-refractivity contribution in [2.45, 2.75) is 11.8 Å². The molecule has 22 heavy (non-hydrogen) atoms. The molecule has 0 saturated carbocycles. The van der Waals surface area contributed by atoms with E-state index in [1.165, 1.54) is 56.4 Å². The molecule has 116 valence electrons. The van der Waals surface area contributed by atoms with Crippen molar-refractivity contribution in [1.82, 2.24) is 0 Å². The Kier molecular flexibility index (Phi) is 4.39. The lowest BCUT2D eigenvalue weighted by Crippen LogP contribution is -2.27. The van der Waals surface area contributed by atoms with Crippen LogP contribution in [0.15, 0.2) is 47.4 Å². The number of nitrogens with zero attached hydrogens (tertiary/aromatic N) is 2. The first-order chi connectivity index (χ1) is 10.2. The highest BCUT2D eigenvalue weighted by molar-refractivity contribution is 7.92. The van der Waals surface area contributed by atoms with Crippen molar-refractivity contribution < 1.29 is 13.3 Å². The number of nitro benzene ring substituents is 1. The zero-order valence-electron chi connectivity index (χ0n) is 11.9. The van der Waals surface area contributed by atoms with E-state index in [1.807, 2.05) is 0 Å². The largest absolute Gasteiger partial charge is 0.274 e. The quantitative estimate of drug-likeness (QED) is 0.631. The van der Waals surface area contributed by atoms with Crippen molar-refractivity contribution in [2.24, 2.45) is 0 Å². The number of hydrogen-bond donors (Lipinski definition) is 0. The molecule has 0 aliphatic heterocycles. The van der Waals surface area contributed by atoms with E-state index in [9.17, 15) is 18.5 Å². The molecule has 8 heteroatoms. The molecule has 0 N–H and O–H groups in total. The van der Waals surface area contributed by atoms with E-state index in [-0.39, 0.29) is 21.8 Å². The predicted octanol–water partition coefficient (Wildman–Crippen LogP) is 3.38. The minimum atomic E-state index is -3.82. The zero-order chi connectivity index (χ0) is 16.5. The standard InChI is InChI=1S/C14H13ClN2O4S/c1-10-13(4-3-5-14(10)17(18)19)16(2)22(20,21)12-8-6-11(15)7-9-12/h3-9H,1-2H3. The summed E-state index contributed by atoms with van der Waals surface area (Å²) in [5.41, 5.74) is 0.410. The van der Waals surface area contributed by atoms with E-state index in [0.29, 0.717) is 5.02 Å². The fourth-order valence-corrected chi connectivity index (χ4v) is 3.42. The molecule has 2 aromatic carbocycles. The van der Waals surface area contributed by atoms with Gasteiger partial charge in [-0.25, -0.2) is 8.42 Å². The van der Waals surface area contributed by atoms with E-state index in [0.717, 1.165) is 4.31 Å². The molecule has 6 nitrogen and oxygen atoms in total. The van der Waals surface area contributed by atoms with Crippen LogP contribution < -0.4 is 4.31 Å². The molecule has 0 aliphatic rings. The molecule has 0 aliphatic carbocycles. The number of anilines is 1. The highest BCUT2D eigenvalue weighted by atomic mass is 35.5. The Morgan fingerprint density at radius 2 is 1.73 bits per heavy atom. The average Bonchev–Trinajstić information content (AvgIpc) is 2.47. The number of benzene rings is 2. The molecular weight excluding hydrogens is 328 g/mol. The predicted molar refractivity (Wildman–Crippen MR) is 84.9 cm³/mol.